The smallest absolute Gasteiger partial charge is 0.346 e. The van der Waals surface area contributed by atoms with Crippen LogP contribution in [0.5, 0.6) is 0 Å². The van der Waals surface area contributed by atoms with E-state index in [4.69, 9.17) is 0 Å². The van der Waals surface area contributed by atoms with Gasteiger partial charge in [0.2, 0.25) is 0 Å². The molecule has 0 heterocycles. The number of hydrogen-bond donors (Lipinski definition) is 0. The van der Waals surface area contributed by atoms with Gasteiger partial charge in [0.15, 0.2) is 0 Å². The number of rotatable bonds is 0. The van der Waals surface area contributed by atoms with Gasteiger partial charge in [-0.05, 0) is 0 Å². The maximum Gasteiger partial charge on any atom is 2.00 e. The molecule has 0 rings (SSSR count). The third-order valence-electron chi connectivity index (χ3n) is 0. The molecule has 0 radical (unpaired) electrons. The van der Waals surface area contributed by atoms with Crippen molar-refractivity contribution in [3.05, 3.63) is 13.8 Å². The molecule has 0 N–H and O–H groups in total. The van der Waals surface area contributed by atoms with Crippen molar-refractivity contribution in [2.45, 2.75) is 43.6 Å². The normalized spacial score (nSPS) is 1.33. The molecule has 62 valence electrons. The van der Waals surface area contributed by atoms with Crippen molar-refractivity contribution in [1.82, 2.24) is 0 Å². The topological polar surface area (TPSA) is 0 Å². The van der Waals surface area contributed by atoms with Crippen LogP contribution in [0.2, 0.25) is 0 Å². The molecule has 1 heteroatoms. The van der Waals surface area contributed by atoms with Gasteiger partial charge < -0.3 is 13.8 Å². The molecule has 0 aromatic carbocycles. The van der Waals surface area contributed by atoms with E-state index < -0.39 is 0 Å². The Hall–Kier alpha value is 1.05. The third kappa shape index (κ3) is 407. The minimum Gasteiger partial charge on any atom is -0.346 e. The van der Waals surface area contributed by atoms with E-state index in [2.05, 4.69) is 13.8 Å². The van der Waals surface area contributed by atoms with Crippen molar-refractivity contribution >= 4 is 0 Å². The summed E-state index contributed by atoms with van der Waals surface area (Å²) in [5, 5.41) is 0. The van der Waals surface area contributed by atoms with Crippen molar-refractivity contribution in [3.63, 3.8) is 0 Å². The van der Waals surface area contributed by atoms with Gasteiger partial charge in [-0.3, -0.25) is 0 Å². The Morgan fingerprint density at radius 1 is 0.556 bits per heavy atom. The Morgan fingerprint density at radius 2 is 0.556 bits per heavy atom. The van der Waals surface area contributed by atoms with Crippen LogP contribution < -0.4 is 0 Å². The standard InChI is InChI=1S/2C2H5.4CH4.U/c2*1-2;;;;;/h2*1H2,2H3;4*1H4;/q2*-1;;;;;+2. The fraction of sp³-hybridized carbons (Fsp3) is 0.750. The minimum atomic E-state index is 0. The van der Waals surface area contributed by atoms with Crippen LogP contribution in [0.3, 0.4) is 0 Å². The molecule has 0 saturated heterocycles. The van der Waals surface area contributed by atoms with Crippen LogP contribution >= 0.6 is 0 Å². The van der Waals surface area contributed by atoms with Crippen LogP contribution in [0.4, 0.5) is 0 Å². The number of hydrogen-bond acceptors (Lipinski definition) is 0. The zero-order chi connectivity index (χ0) is 4.00. The second-order valence-electron chi connectivity index (χ2n) is 0. The molecule has 0 saturated carbocycles. The molecule has 0 unspecified atom stereocenters. The average Bonchev–Trinajstić information content (AvgIpc) is 1.50. The quantitative estimate of drug-likeness (QED) is 0.568. The van der Waals surface area contributed by atoms with Gasteiger partial charge in [-0.1, -0.05) is 29.7 Å². The summed E-state index contributed by atoms with van der Waals surface area (Å²) in [4.78, 5) is 0. The predicted octanol–water partition coefficient (Wildman–Crippen LogP) is 4.23. The van der Waals surface area contributed by atoms with Crippen molar-refractivity contribution < 1.29 is 31.1 Å². The van der Waals surface area contributed by atoms with Crippen molar-refractivity contribution in [2.24, 2.45) is 0 Å². The minimum absolute atomic E-state index is 0. The average molecular weight is 360 g/mol. The predicted molar refractivity (Wildman–Crippen MR) is 49.0 cm³/mol. The maximum atomic E-state index is 3.25. The molecule has 0 bridgehead atoms. The van der Waals surface area contributed by atoms with E-state index in [1.54, 1.807) is 13.8 Å². The van der Waals surface area contributed by atoms with Gasteiger partial charge in [0.1, 0.15) is 0 Å². The van der Waals surface area contributed by atoms with Gasteiger partial charge in [0.05, 0.1) is 0 Å². The van der Waals surface area contributed by atoms with Crippen LogP contribution in [0.15, 0.2) is 0 Å². The second-order valence-corrected chi connectivity index (χ2v) is 0. The Kier molecular flexibility index (Phi) is 5210. The molecular weight excluding hydrogens is 334 g/mol. The van der Waals surface area contributed by atoms with Crippen LogP contribution in [-0.2, 0) is 0 Å². The van der Waals surface area contributed by atoms with E-state index in [9.17, 15) is 0 Å². The van der Waals surface area contributed by atoms with Crippen LogP contribution in [0.25, 0.3) is 0 Å². The summed E-state index contributed by atoms with van der Waals surface area (Å²) >= 11 is 0. The van der Waals surface area contributed by atoms with E-state index >= 15 is 0 Å². The van der Waals surface area contributed by atoms with Gasteiger partial charge in [-0.15, -0.1) is 0 Å². The maximum absolute atomic E-state index is 3.25. The third-order valence-corrected chi connectivity index (χ3v) is 0. The van der Waals surface area contributed by atoms with Gasteiger partial charge in [-0.2, -0.15) is 13.8 Å². The van der Waals surface area contributed by atoms with Crippen LogP contribution in [-0.4, -0.2) is 0 Å². The van der Waals surface area contributed by atoms with Crippen LogP contribution in [0.1, 0.15) is 43.6 Å². The molecule has 9 heavy (non-hydrogen) atoms. The Labute approximate surface area is 88.2 Å². The molecule has 0 atom stereocenters. The molecule has 0 aliphatic rings. The van der Waals surface area contributed by atoms with Gasteiger partial charge >= 0.3 is 31.1 Å². The molecule has 0 spiro atoms. The largest absolute Gasteiger partial charge is 2.00 e. The Morgan fingerprint density at radius 3 is 0.556 bits per heavy atom. The van der Waals surface area contributed by atoms with Crippen molar-refractivity contribution in [3.8, 4) is 0 Å². The fourth-order valence-corrected chi connectivity index (χ4v) is 0. The molecule has 0 aliphatic heterocycles. The van der Waals surface area contributed by atoms with Crippen molar-refractivity contribution in [2.75, 3.05) is 0 Å². The first-order valence-electron chi connectivity index (χ1n) is 1.41. The van der Waals surface area contributed by atoms with E-state index in [0.717, 1.165) is 0 Å². The molecule has 0 aliphatic carbocycles. The molecule has 0 nitrogen and oxygen atoms in total. The van der Waals surface area contributed by atoms with Gasteiger partial charge in [0, 0.05) is 0 Å². The van der Waals surface area contributed by atoms with E-state index in [0.29, 0.717) is 0 Å². The first-order chi connectivity index (χ1) is 2.00. The van der Waals surface area contributed by atoms with E-state index in [1.807, 2.05) is 0 Å². The van der Waals surface area contributed by atoms with Crippen molar-refractivity contribution in [1.29, 1.82) is 0 Å². The zero-order valence-electron chi connectivity index (χ0n) is 3.91. The molecular formula is C8H26U. The Bertz CT molecular complexity index is 4.53. The van der Waals surface area contributed by atoms with E-state index in [1.165, 1.54) is 0 Å². The summed E-state index contributed by atoms with van der Waals surface area (Å²) in [6.45, 7) is 10.0. The SMILES string of the molecule is C.C.C.C.[CH2-]C.[CH2-]C.[U+2]. The van der Waals surface area contributed by atoms with Crippen LogP contribution in [0, 0.1) is 45.0 Å². The van der Waals surface area contributed by atoms with E-state index in [-0.39, 0.29) is 60.8 Å². The first kappa shape index (κ1) is 88.4. The second kappa shape index (κ2) is 530. The zero-order valence-corrected chi connectivity index (χ0v) is 8.08. The Balaban J connectivity index is -0.00000000114. The molecule has 0 fully saturated rings. The fourth-order valence-electron chi connectivity index (χ4n) is 0. The summed E-state index contributed by atoms with van der Waals surface area (Å²) in [7, 11) is 0. The molecule has 0 amide bonds. The summed E-state index contributed by atoms with van der Waals surface area (Å²) < 4.78 is 0. The summed E-state index contributed by atoms with van der Waals surface area (Å²) in [6, 6.07) is 0. The molecule has 0 aromatic heterocycles. The summed E-state index contributed by atoms with van der Waals surface area (Å²) in [5.74, 6) is 0. The van der Waals surface area contributed by atoms with Gasteiger partial charge in [-0.25, -0.2) is 0 Å². The summed E-state index contributed by atoms with van der Waals surface area (Å²) in [6.07, 6.45) is 0. The first-order valence-corrected chi connectivity index (χ1v) is 1.41. The van der Waals surface area contributed by atoms with Gasteiger partial charge in [0.25, 0.3) is 0 Å². The molecule has 0 aromatic rings. The monoisotopic (exact) mass is 360 g/mol. The summed E-state index contributed by atoms with van der Waals surface area (Å²) in [5.41, 5.74) is 0.